The molecule has 0 saturated heterocycles. The minimum absolute atomic E-state index is 0.00800. The van der Waals surface area contributed by atoms with Crippen LogP contribution in [0.15, 0.2) is 33.9 Å². The molecule has 9 nitrogen and oxygen atoms in total. The minimum Gasteiger partial charge on any atom is -0.462 e. The molecule has 2 aromatic heterocycles. The summed E-state index contributed by atoms with van der Waals surface area (Å²) < 4.78 is 7.00. The summed E-state index contributed by atoms with van der Waals surface area (Å²) in [6.07, 6.45) is 0. The van der Waals surface area contributed by atoms with E-state index in [2.05, 4.69) is 10.3 Å². The molecule has 0 fully saturated rings. The fraction of sp³-hybridized carbons (Fsp3) is 0.318. The van der Waals surface area contributed by atoms with E-state index in [0.29, 0.717) is 11.4 Å². The van der Waals surface area contributed by atoms with E-state index >= 15 is 0 Å². The average molecular weight is 424 g/mol. The van der Waals surface area contributed by atoms with E-state index in [1.165, 1.54) is 13.1 Å². The number of carbonyl (C=O) groups is 2. The van der Waals surface area contributed by atoms with Gasteiger partial charge in [0.2, 0.25) is 5.91 Å². The molecular formula is C22H24N4O5. The summed E-state index contributed by atoms with van der Waals surface area (Å²) in [7, 11) is 1.44. The maximum absolute atomic E-state index is 13.2. The quantitative estimate of drug-likeness (QED) is 0.626. The number of aryl methyl sites for hydroxylation is 3. The lowest BCUT2D eigenvalue weighted by atomic mass is 10.1. The van der Waals surface area contributed by atoms with Gasteiger partial charge in [0.1, 0.15) is 12.2 Å². The monoisotopic (exact) mass is 424 g/mol. The molecule has 0 aliphatic carbocycles. The largest absolute Gasteiger partial charge is 0.462 e. The molecule has 1 amide bonds. The second-order valence-electron chi connectivity index (χ2n) is 7.26. The van der Waals surface area contributed by atoms with Crippen molar-refractivity contribution in [3.63, 3.8) is 0 Å². The predicted octanol–water partition coefficient (Wildman–Crippen LogP) is 1.84. The molecule has 0 atom stereocenters. The van der Waals surface area contributed by atoms with Crippen molar-refractivity contribution in [2.45, 2.75) is 34.2 Å². The first-order valence-electron chi connectivity index (χ1n) is 9.80. The lowest BCUT2D eigenvalue weighted by Gasteiger charge is -2.14. The standard InChI is InChI=1S/C22H24N4O5/c1-6-31-21(29)15-10-13(3)23-19-18(15)20(28)26(22(30)25(19)5)11-17(27)24-16-9-7-8-12(2)14(16)4/h7-10H,6,11H2,1-5H3,(H,24,27). The maximum atomic E-state index is 13.2. The van der Waals surface area contributed by atoms with Gasteiger partial charge in [0.15, 0.2) is 0 Å². The van der Waals surface area contributed by atoms with E-state index in [9.17, 15) is 19.2 Å². The van der Waals surface area contributed by atoms with Crippen LogP contribution in [0.4, 0.5) is 5.69 Å². The number of nitrogens with one attached hydrogen (secondary N) is 1. The summed E-state index contributed by atoms with van der Waals surface area (Å²) in [5, 5.41) is 2.67. The predicted molar refractivity (Wildman–Crippen MR) is 116 cm³/mol. The van der Waals surface area contributed by atoms with Gasteiger partial charge >= 0.3 is 11.7 Å². The smallest absolute Gasteiger partial charge is 0.339 e. The number of nitrogens with zero attached hydrogens (tertiary/aromatic N) is 3. The molecule has 0 spiro atoms. The molecule has 0 aliphatic heterocycles. The van der Waals surface area contributed by atoms with Gasteiger partial charge in [-0.3, -0.25) is 18.7 Å². The van der Waals surface area contributed by atoms with Crippen LogP contribution in [0.3, 0.4) is 0 Å². The van der Waals surface area contributed by atoms with Crippen molar-refractivity contribution in [3.8, 4) is 0 Å². The summed E-state index contributed by atoms with van der Waals surface area (Å²) in [6.45, 7) is 6.70. The minimum atomic E-state index is -0.773. The van der Waals surface area contributed by atoms with Crippen molar-refractivity contribution in [1.29, 1.82) is 0 Å². The fourth-order valence-electron chi connectivity index (χ4n) is 3.33. The van der Waals surface area contributed by atoms with E-state index in [4.69, 9.17) is 4.74 Å². The molecular weight excluding hydrogens is 400 g/mol. The molecule has 162 valence electrons. The Bertz CT molecular complexity index is 1320. The summed E-state index contributed by atoms with van der Waals surface area (Å²) in [4.78, 5) is 55.3. The van der Waals surface area contributed by atoms with E-state index in [0.717, 1.165) is 20.3 Å². The molecule has 0 aliphatic rings. The molecule has 9 heteroatoms. The van der Waals surface area contributed by atoms with Crippen molar-refractivity contribution in [1.82, 2.24) is 14.1 Å². The van der Waals surface area contributed by atoms with E-state index < -0.39 is 29.7 Å². The number of carbonyl (C=O) groups excluding carboxylic acids is 2. The van der Waals surface area contributed by atoms with Crippen molar-refractivity contribution in [2.75, 3.05) is 11.9 Å². The van der Waals surface area contributed by atoms with Gasteiger partial charge in [-0.2, -0.15) is 0 Å². The van der Waals surface area contributed by atoms with Crippen molar-refractivity contribution < 1.29 is 14.3 Å². The molecule has 1 N–H and O–H groups in total. The number of ether oxygens (including phenoxy) is 1. The number of benzene rings is 1. The first kappa shape index (κ1) is 21.9. The molecule has 0 radical (unpaired) electrons. The SMILES string of the molecule is CCOC(=O)c1cc(C)nc2c1c(=O)n(CC(=O)Nc1cccc(C)c1C)c(=O)n2C. The maximum Gasteiger partial charge on any atom is 0.339 e. The highest BCUT2D eigenvalue weighted by atomic mass is 16.5. The van der Waals surface area contributed by atoms with Crippen LogP contribution in [0.1, 0.15) is 34.1 Å². The van der Waals surface area contributed by atoms with Gasteiger partial charge in [-0.05, 0) is 51.0 Å². The lowest BCUT2D eigenvalue weighted by Crippen LogP contribution is -2.42. The van der Waals surface area contributed by atoms with Crippen LogP contribution in [0, 0.1) is 20.8 Å². The van der Waals surface area contributed by atoms with Gasteiger partial charge in [0.05, 0.1) is 17.6 Å². The number of aromatic nitrogens is 3. The Labute approximate surface area is 178 Å². The number of hydrogen-bond donors (Lipinski definition) is 1. The second-order valence-corrected chi connectivity index (χ2v) is 7.26. The topological polar surface area (TPSA) is 112 Å². The van der Waals surface area contributed by atoms with E-state index in [1.807, 2.05) is 19.9 Å². The van der Waals surface area contributed by atoms with Crippen molar-refractivity contribution in [2.24, 2.45) is 7.05 Å². The first-order chi connectivity index (χ1) is 14.6. The molecule has 0 bridgehead atoms. The molecule has 2 heterocycles. The summed E-state index contributed by atoms with van der Waals surface area (Å²) in [5.41, 5.74) is 1.52. The van der Waals surface area contributed by atoms with Gasteiger partial charge in [0, 0.05) is 18.4 Å². The van der Waals surface area contributed by atoms with Crippen LogP contribution < -0.4 is 16.6 Å². The highest BCUT2D eigenvalue weighted by Crippen LogP contribution is 2.18. The molecule has 3 aromatic rings. The third-order valence-electron chi connectivity index (χ3n) is 5.10. The Morgan fingerprint density at radius 3 is 2.55 bits per heavy atom. The number of anilines is 1. The van der Waals surface area contributed by atoms with Crippen LogP contribution in [-0.4, -0.2) is 32.6 Å². The van der Waals surface area contributed by atoms with E-state index in [1.54, 1.807) is 26.0 Å². The Morgan fingerprint density at radius 1 is 1.16 bits per heavy atom. The Balaban J connectivity index is 2.12. The zero-order valence-electron chi connectivity index (χ0n) is 18.1. The van der Waals surface area contributed by atoms with Gasteiger partial charge in [-0.25, -0.2) is 14.6 Å². The van der Waals surface area contributed by atoms with Crippen LogP contribution in [0.25, 0.3) is 11.0 Å². The number of rotatable bonds is 5. The highest BCUT2D eigenvalue weighted by Gasteiger charge is 2.22. The number of esters is 1. The van der Waals surface area contributed by atoms with Gasteiger partial charge in [-0.1, -0.05) is 12.1 Å². The lowest BCUT2D eigenvalue weighted by molar-refractivity contribution is -0.116. The highest BCUT2D eigenvalue weighted by molar-refractivity contribution is 6.02. The third kappa shape index (κ3) is 4.11. The van der Waals surface area contributed by atoms with Gasteiger partial charge in [-0.15, -0.1) is 0 Å². The van der Waals surface area contributed by atoms with Gasteiger partial charge < -0.3 is 10.1 Å². The van der Waals surface area contributed by atoms with Gasteiger partial charge in [0.25, 0.3) is 5.56 Å². The molecule has 1 aromatic carbocycles. The summed E-state index contributed by atoms with van der Waals surface area (Å²) >= 11 is 0. The Morgan fingerprint density at radius 2 is 1.87 bits per heavy atom. The molecule has 0 unspecified atom stereocenters. The van der Waals surface area contributed by atoms with Crippen LogP contribution in [-0.2, 0) is 23.1 Å². The molecule has 31 heavy (non-hydrogen) atoms. The summed E-state index contributed by atoms with van der Waals surface area (Å²) in [5.74, 6) is -1.23. The second kappa shape index (κ2) is 8.55. The number of fused-ring (bicyclic) bond motifs is 1. The fourth-order valence-corrected chi connectivity index (χ4v) is 3.33. The number of amides is 1. The Hall–Kier alpha value is -3.75. The van der Waals surface area contributed by atoms with Crippen LogP contribution in [0.2, 0.25) is 0 Å². The Kier molecular flexibility index (Phi) is 6.05. The normalized spacial score (nSPS) is 10.9. The first-order valence-corrected chi connectivity index (χ1v) is 9.80. The third-order valence-corrected chi connectivity index (χ3v) is 5.10. The van der Waals surface area contributed by atoms with E-state index in [-0.39, 0.29) is 23.2 Å². The summed E-state index contributed by atoms with van der Waals surface area (Å²) in [6, 6.07) is 6.90. The molecule has 0 saturated carbocycles. The molecule has 3 rings (SSSR count). The number of pyridine rings is 1. The average Bonchev–Trinajstić information content (AvgIpc) is 2.72. The van der Waals surface area contributed by atoms with Crippen LogP contribution >= 0.6 is 0 Å². The number of hydrogen-bond acceptors (Lipinski definition) is 6. The zero-order valence-corrected chi connectivity index (χ0v) is 18.1. The van der Waals surface area contributed by atoms with Crippen molar-refractivity contribution >= 4 is 28.6 Å². The van der Waals surface area contributed by atoms with Crippen molar-refractivity contribution in [3.05, 3.63) is 67.5 Å². The zero-order chi connectivity index (χ0) is 22.9. The van der Waals surface area contributed by atoms with Crippen LogP contribution in [0.5, 0.6) is 0 Å².